The number of aromatic nitrogens is 3. The van der Waals surface area contributed by atoms with E-state index in [1.807, 2.05) is 12.1 Å². The van der Waals surface area contributed by atoms with E-state index in [4.69, 9.17) is 26.8 Å². The quantitative estimate of drug-likeness (QED) is 0.212. The number of methoxy groups -OCH3 is 1. The summed E-state index contributed by atoms with van der Waals surface area (Å²) in [6.07, 6.45) is -2.85. The molecule has 1 fully saturated rings. The second-order valence-electron chi connectivity index (χ2n) is 9.59. The van der Waals surface area contributed by atoms with Crippen LogP contribution in [0.25, 0.3) is 0 Å². The number of carbonyl (C=O) groups excluding carboxylic acids is 2. The van der Waals surface area contributed by atoms with E-state index in [9.17, 15) is 22.8 Å². The molecule has 0 bridgehead atoms. The van der Waals surface area contributed by atoms with Gasteiger partial charge in [0.1, 0.15) is 6.61 Å². The molecule has 0 aliphatic heterocycles. The predicted octanol–water partition coefficient (Wildman–Crippen LogP) is 3.97. The maximum Gasteiger partial charge on any atom is 0.422 e. The van der Waals surface area contributed by atoms with Crippen molar-refractivity contribution in [2.45, 2.75) is 37.0 Å². The smallest absolute Gasteiger partial charge is 0.422 e. The van der Waals surface area contributed by atoms with Crippen molar-refractivity contribution in [1.29, 1.82) is 0 Å². The Kier molecular flexibility index (Phi) is 9.81. The zero-order chi connectivity index (χ0) is 30.3. The van der Waals surface area contributed by atoms with Gasteiger partial charge in [-0.2, -0.15) is 28.1 Å². The Morgan fingerprint density at radius 2 is 1.71 bits per heavy atom. The van der Waals surface area contributed by atoms with Crippen LogP contribution in [-0.4, -0.2) is 65.7 Å². The van der Waals surface area contributed by atoms with Crippen molar-refractivity contribution in [3.8, 4) is 6.01 Å². The summed E-state index contributed by atoms with van der Waals surface area (Å²) in [7, 11) is 1.38. The van der Waals surface area contributed by atoms with Gasteiger partial charge in [-0.3, -0.25) is 9.59 Å². The van der Waals surface area contributed by atoms with Crippen molar-refractivity contribution in [3.63, 3.8) is 0 Å². The third kappa shape index (κ3) is 8.50. The number of hydrogen-bond acceptors (Lipinski definition) is 10. The number of nitrogens with zero attached hydrogens (tertiary/aromatic N) is 3. The van der Waals surface area contributed by atoms with Gasteiger partial charge < -0.3 is 31.2 Å². The number of ether oxygens (including phenoxy) is 2. The van der Waals surface area contributed by atoms with Crippen LogP contribution in [0.15, 0.2) is 48.5 Å². The van der Waals surface area contributed by atoms with Crippen molar-refractivity contribution >= 4 is 40.9 Å². The summed E-state index contributed by atoms with van der Waals surface area (Å²) < 4.78 is 48.2. The molecule has 1 atom stereocenters. The van der Waals surface area contributed by atoms with Gasteiger partial charge in [-0.25, -0.2) is 0 Å². The van der Waals surface area contributed by atoms with E-state index in [0.29, 0.717) is 10.7 Å². The molecule has 0 spiro atoms. The van der Waals surface area contributed by atoms with Crippen molar-refractivity contribution in [3.05, 3.63) is 64.7 Å². The van der Waals surface area contributed by atoms with Gasteiger partial charge in [-0.05, 0) is 67.8 Å². The first-order valence-electron chi connectivity index (χ1n) is 12.9. The third-order valence-electron chi connectivity index (χ3n) is 6.32. The Bertz CT molecular complexity index is 1390. The molecular formula is C27H29ClF3N7O4. The zero-order valence-corrected chi connectivity index (χ0v) is 23.3. The van der Waals surface area contributed by atoms with Gasteiger partial charge in [0.2, 0.25) is 11.9 Å². The summed E-state index contributed by atoms with van der Waals surface area (Å²) in [6, 6.07) is 12.0. The van der Waals surface area contributed by atoms with Crippen LogP contribution in [0, 0.1) is 0 Å². The molecule has 5 N–H and O–H groups in total. The van der Waals surface area contributed by atoms with Crippen LogP contribution >= 0.6 is 11.6 Å². The molecule has 11 nitrogen and oxygen atoms in total. The Labute approximate surface area is 244 Å². The number of anilines is 3. The Balaban J connectivity index is 1.51. The Hall–Kier alpha value is -4.01. The fourth-order valence-electron chi connectivity index (χ4n) is 4.07. The van der Waals surface area contributed by atoms with Crippen LogP contribution in [0.1, 0.15) is 35.2 Å². The highest BCUT2D eigenvalue weighted by Gasteiger charge is 2.45. The highest BCUT2D eigenvalue weighted by atomic mass is 35.5. The molecule has 1 amide bonds. The molecule has 1 saturated carbocycles. The molecular weight excluding hydrogens is 579 g/mol. The number of halogens is 4. The van der Waals surface area contributed by atoms with Crippen LogP contribution < -0.4 is 26.4 Å². The molecule has 1 aliphatic rings. The van der Waals surface area contributed by atoms with Crippen LogP contribution in [0.5, 0.6) is 6.01 Å². The minimum atomic E-state index is -4.59. The molecule has 15 heteroatoms. The Morgan fingerprint density at radius 3 is 2.31 bits per heavy atom. The van der Waals surface area contributed by atoms with E-state index in [1.54, 1.807) is 24.3 Å². The van der Waals surface area contributed by atoms with Crippen molar-refractivity contribution < 1.29 is 32.2 Å². The SMILES string of the molecule is COCC(=O)C(CCN)NC(=O)c1ccc(Nc2nc(NC3(c4ccc(Cl)cc4)CC3)nc(OCC(F)(F)F)n2)cc1. The lowest BCUT2D eigenvalue weighted by Crippen LogP contribution is -2.43. The maximum atomic E-state index is 12.8. The molecule has 2 aromatic carbocycles. The van der Waals surface area contributed by atoms with Gasteiger partial charge in [-0.1, -0.05) is 23.7 Å². The number of rotatable bonds is 14. The lowest BCUT2D eigenvalue weighted by molar-refractivity contribution is -0.154. The number of amides is 1. The van der Waals surface area contributed by atoms with Crippen molar-refractivity contribution in [2.24, 2.45) is 5.73 Å². The highest BCUT2D eigenvalue weighted by Crippen LogP contribution is 2.48. The van der Waals surface area contributed by atoms with Crippen LogP contribution in [0.4, 0.5) is 30.8 Å². The highest BCUT2D eigenvalue weighted by molar-refractivity contribution is 6.30. The minimum Gasteiger partial charge on any atom is -0.454 e. The average Bonchev–Trinajstić information content (AvgIpc) is 3.72. The molecule has 1 aromatic heterocycles. The van der Waals surface area contributed by atoms with E-state index >= 15 is 0 Å². The number of benzene rings is 2. The number of Topliss-reactive ketones (excluding diaryl/α,β-unsaturated/α-hetero) is 1. The van der Waals surface area contributed by atoms with E-state index in [-0.39, 0.29) is 42.8 Å². The first-order valence-corrected chi connectivity index (χ1v) is 13.3. The average molecular weight is 608 g/mol. The summed E-state index contributed by atoms with van der Waals surface area (Å²) in [6.45, 7) is -1.55. The second-order valence-corrected chi connectivity index (χ2v) is 10.0. The number of nitrogens with one attached hydrogen (secondary N) is 3. The summed E-state index contributed by atoms with van der Waals surface area (Å²) in [4.78, 5) is 37.2. The summed E-state index contributed by atoms with van der Waals surface area (Å²) >= 11 is 6.00. The van der Waals surface area contributed by atoms with Gasteiger partial charge >= 0.3 is 12.2 Å². The monoisotopic (exact) mass is 607 g/mol. The molecule has 224 valence electrons. The number of nitrogens with two attached hydrogens (primary N) is 1. The molecule has 0 saturated heterocycles. The molecule has 1 aliphatic carbocycles. The summed E-state index contributed by atoms with van der Waals surface area (Å²) in [5, 5.41) is 9.31. The zero-order valence-electron chi connectivity index (χ0n) is 22.5. The van der Waals surface area contributed by atoms with Crippen LogP contribution in [-0.2, 0) is 15.1 Å². The van der Waals surface area contributed by atoms with Gasteiger partial charge in [0.05, 0.1) is 11.6 Å². The number of alkyl halides is 3. The van der Waals surface area contributed by atoms with Gasteiger partial charge in [0, 0.05) is 23.4 Å². The van der Waals surface area contributed by atoms with E-state index < -0.39 is 36.3 Å². The number of hydrogen-bond donors (Lipinski definition) is 4. The van der Waals surface area contributed by atoms with Crippen molar-refractivity contribution in [2.75, 3.05) is 37.5 Å². The number of carbonyl (C=O) groups is 2. The lowest BCUT2D eigenvalue weighted by atomic mass is 10.1. The van der Waals surface area contributed by atoms with E-state index in [1.165, 1.54) is 19.2 Å². The van der Waals surface area contributed by atoms with Gasteiger partial charge in [0.25, 0.3) is 5.91 Å². The normalized spacial score (nSPS) is 14.5. The molecule has 4 rings (SSSR count). The topological polar surface area (TPSA) is 153 Å². The summed E-state index contributed by atoms with van der Waals surface area (Å²) in [5.41, 5.74) is 6.67. The fourth-order valence-corrected chi connectivity index (χ4v) is 4.20. The fraction of sp³-hybridized carbons (Fsp3) is 0.370. The molecule has 1 heterocycles. The Morgan fingerprint density at radius 1 is 1.05 bits per heavy atom. The first-order chi connectivity index (χ1) is 20.0. The third-order valence-corrected chi connectivity index (χ3v) is 6.57. The molecule has 0 radical (unpaired) electrons. The molecule has 1 unspecified atom stereocenters. The number of ketones is 1. The van der Waals surface area contributed by atoms with Gasteiger partial charge in [-0.15, -0.1) is 0 Å². The lowest BCUT2D eigenvalue weighted by Gasteiger charge is -2.19. The standard InChI is InChI=1S/C27H29ClF3N7O4/c1-41-14-21(39)20(10-13-32)34-22(40)16-2-8-19(9-3-16)33-23-35-24(37-25(36-23)42-15-27(29,30)31)38-26(11-12-26)17-4-6-18(28)7-5-17/h2-9,20H,10-15,32H2,1H3,(H,34,40)(H2,33,35,36,37,38). The maximum absolute atomic E-state index is 12.8. The van der Waals surface area contributed by atoms with E-state index in [0.717, 1.165) is 18.4 Å². The second kappa shape index (κ2) is 13.3. The summed E-state index contributed by atoms with van der Waals surface area (Å²) in [5.74, 6) is -0.862. The van der Waals surface area contributed by atoms with Crippen LogP contribution in [0.3, 0.4) is 0 Å². The minimum absolute atomic E-state index is 0.0137. The predicted molar refractivity (Wildman–Crippen MR) is 149 cm³/mol. The molecule has 3 aromatic rings. The van der Waals surface area contributed by atoms with Gasteiger partial charge in [0.15, 0.2) is 12.4 Å². The first kappa shape index (κ1) is 30.9. The van der Waals surface area contributed by atoms with Crippen molar-refractivity contribution in [1.82, 2.24) is 20.3 Å². The largest absolute Gasteiger partial charge is 0.454 e. The van der Waals surface area contributed by atoms with Crippen LogP contribution in [0.2, 0.25) is 5.02 Å². The van der Waals surface area contributed by atoms with E-state index in [2.05, 4.69) is 30.9 Å². The molecule has 42 heavy (non-hydrogen) atoms.